The van der Waals surface area contributed by atoms with E-state index < -0.39 is 12.1 Å². The fourth-order valence-corrected chi connectivity index (χ4v) is 4.20. The van der Waals surface area contributed by atoms with E-state index in [1.165, 1.54) is 0 Å². The summed E-state index contributed by atoms with van der Waals surface area (Å²) in [6.07, 6.45) is 1.62. The van der Waals surface area contributed by atoms with Gasteiger partial charge in [-0.2, -0.15) is 0 Å². The number of carbonyl (C=O) groups excluding carboxylic acids is 1. The lowest BCUT2D eigenvalue weighted by Gasteiger charge is -2.36. The third-order valence-corrected chi connectivity index (χ3v) is 5.44. The third kappa shape index (κ3) is 3.66. The van der Waals surface area contributed by atoms with Crippen LogP contribution in [-0.4, -0.2) is 59.8 Å². The van der Waals surface area contributed by atoms with Crippen molar-refractivity contribution in [2.45, 2.75) is 38.0 Å². The smallest absolute Gasteiger partial charge is 0.410 e. The summed E-state index contributed by atoms with van der Waals surface area (Å²) in [5.41, 5.74) is 0.864. The Morgan fingerprint density at radius 2 is 1.92 bits per heavy atom. The van der Waals surface area contributed by atoms with Crippen LogP contribution < -0.4 is 0 Å². The molecule has 25 heavy (non-hydrogen) atoms. The van der Waals surface area contributed by atoms with E-state index in [1.807, 2.05) is 30.3 Å². The molecule has 2 aliphatic rings. The number of rotatable bonds is 7. The molecule has 1 amide bonds. The first-order valence-electron chi connectivity index (χ1n) is 9.05. The van der Waals surface area contributed by atoms with Crippen LogP contribution in [0.4, 0.5) is 4.79 Å². The Morgan fingerprint density at radius 3 is 2.52 bits per heavy atom. The van der Waals surface area contributed by atoms with Gasteiger partial charge in [-0.05, 0) is 25.3 Å². The first-order chi connectivity index (χ1) is 12.2. The van der Waals surface area contributed by atoms with Gasteiger partial charge in [0.05, 0.1) is 31.5 Å². The molecule has 138 valence electrons. The van der Waals surface area contributed by atoms with Crippen molar-refractivity contribution in [3.8, 4) is 0 Å². The van der Waals surface area contributed by atoms with E-state index in [-0.39, 0.29) is 43.9 Å². The van der Waals surface area contributed by atoms with Gasteiger partial charge in [0.1, 0.15) is 0 Å². The molecule has 1 aromatic carbocycles. The van der Waals surface area contributed by atoms with Crippen molar-refractivity contribution in [3.63, 3.8) is 0 Å². The van der Waals surface area contributed by atoms with E-state index in [4.69, 9.17) is 9.47 Å². The van der Waals surface area contributed by atoms with Crippen LogP contribution in [0.15, 0.2) is 30.3 Å². The van der Waals surface area contributed by atoms with E-state index in [0.29, 0.717) is 6.54 Å². The molecule has 6 nitrogen and oxygen atoms in total. The second kappa shape index (κ2) is 8.17. The maximum Gasteiger partial charge on any atom is 0.410 e. The van der Waals surface area contributed by atoms with Gasteiger partial charge >= 0.3 is 6.09 Å². The lowest BCUT2D eigenvalue weighted by atomic mass is 9.79. The highest BCUT2D eigenvalue weighted by atomic mass is 16.6. The Balaban J connectivity index is 1.83. The van der Waals surface area contributed by atoms with Crippen LogP contribution in [-0.2, 0) is 9.47 Å². The summed E-state index contributed by atoms with van der Waals surface area (Å²) >= 11 is 0. The molecule has 2 aliphatic heterocycles. The van der Waals surface area contributed by atoms with Crippen molar-refractivity contribution < 1.29 is 24.5 Å². The van der Waals surface area contributed by atoms with Gasteiger partial charge in [-0.25, -0.2) is 4.79 Å². The summed E-state index contributed by atoms with van der Waals surface area (Å²) in [7, 11) is 0. The highest BCUT2D eigenvalue weighted by molar-refractivity contribution is 5.68. The fourth-order valence-electron chi connectivity index (χ4n) is 4.20. The number of hydrogen-bond acceptors (Lipinski definition) is 5. The van der Waals surface area contributed by atoms with Crippen LogP contribution in [0, 0.1) is 11.8 Å². The van der Waals surface area contributed by atoms with Crippen molar-refractivity contribution in [2.75, 3.05) is 26.4 Å². The van der Waals surface area contributed by atoms with E-state index in [0.717, 1.165) is 18.4 Å². The predicted octanol–water partition coefficient (Wildman–Crippen LogP) is 1.96. The largest absolute Gasteiger partial charge is 0.450 e. The van der Waals surface area contributed by atoms with Gasteiger partial charge in [0, 0.05) is 25.0 Å². The number of aliphatic hydroxyl groups excluding tert-OH is 2. The zero-order valence-electron chi connectivity index (χ0n) is 14.6. The molecular formula is C19H27NO5. The number of amides is 1. The summed E-state index contributed by atoms with van der Waals surface area (Å²) < 4.78 is 11.2. The van der Waals surface area contributed by atoms with Gasteiger partial charge in [-0.1, -0.05) is 30.3 Å². The molecule has 2 saturated heterocycles. The quantitative estimate of drug-likeness (QED) is 0.787. The minimum atomic E-state index is -0.473. The number of nitrogens with zero attached hydrogens (tertiary/aromatic N) is 1. The highest BCUT2D eigenvalue weighted by Gasteiger charge is 2.49. The Kier molecular flexibility index (Phi) is 5.93. The number of benzene rings is 1. The summed E-state index contributed by atoms with van der Waals surface area (Å²) in [4.78, 5) is 14.2. The SMILES string of the molecule is CCOC(=O)N(C[C@@H]1[C@H](CO)[C@@H]2CC[C@H]1O2)C(CO)c1ccccc1. The normalized spacial score (nSPS) is 28.8. The average molecular weight is 349 g/mol. The Morgan fingerprint density at radius 1 is 1.24 bits per heavy atom. The first kappa shape index (κ1) is 18.2. The standard InChI is InChI=1S/C19H27NO5/c1-2-24-19(23)20(16(12-22)13-6-4-3-5-7-13)10-14-15(11-21)18-9-8-17(14)25-18/h3-7,14-18,21-22H,2,8-12H2,1H3/t14-,15+,16?,17-,18+/m1/s1. The lowest BCUT2D eigenvalue weighted by Crippen LogP contribution is -2.45. The summed E-state index contributed by atoms with van der Waals surface area (Å²) in [6, 6.07) is 9.00. The van der Waals surface area contributed by atoms with Crippen LogP contribution in [0.5, 0.6) is 0 Å². The zero-order valence-corrected chi connectivity index (χ0v) is 14.6. The van der Waals surface area contributed by atoms with Crippen molar-refractivity contribution in [1.82, 2.24) is 4.90 Å². The molecule has 0 aromatic heterocycles. The average Bonchev–Trinajstić information content (AvgIpc) is 3.24. The van der Waals surface area contributed by atoms with Crippen LogP contribution in [0.3, 0.4) is 0 Å². The van der Waals surface area contributed by atoms with Crippen LogP contribution >= 0.6 is 0 Å². The molecule has 2 bridgehead atoms. The second-order valence-corrected chi connectivity index (χ2v) is 6.76. The molecule has 0 saturated carbocycles. The molecule has 0 spiro atoms. The molecular weight excluding hydrogens is 322 g/mol. The predicted molar refractivity (Wildman–Crippen MR) is 92.0 cm³/mol. The van der Waals surface area contributed by atoms with Crippen molar-refractivity contribution in [1.29, 1.82) is 0 Å². The highest BCUT2D eigenvalue weighted by Crippen LogP contribution is 2.44. The molecule has 2 N–H and O–H groups in total. The topological polar surface area (TPSA) is 79.2 Å². The molecule has 2 fully saturated rings. The number of fused-ring (bicyclic) bond motifs is 2. The van der Waals surface area contributed by atoms with Crippen LogP contribution in [0.25, 0.3) is 0 Å². The minimum absolute atomic E-state index is 0.0331. The van der Waals surface area contributed by atoms with Gasteiger partial charge in [0.15, 0.2) is 0 Å². The van der Waals surface area contributed by atoms with Gasteiger partial charge in [-0.15, -0.1) is 0 Å². The van der Waals surface area contributed by atoms with Crippen LogP contribution in [0.2, 0.25) is 0 Å². The maximum atomic E-state index is 12.6. The lowest BCUT2D eigenvalue weighted by molar-refractivity contribution is 0.0460. The number of aliphatic hydroxyl groups is 2. The maximum absolute atomic E-state index is 12.6. The molecule has 2 heterocycles. The minimum Gasteiger partial charge on any atom is -0.450 e. The third-order valence-electron chi connectivity index (χ3n) is 5.44. The van der Waals surface area contributed by atoms with Crippen molar-refractivity contribution >= 4 is 6.09 Å². The molecule has 0 radical (unpaired) electrons. The second-order valence-electron chi connectivity index (χ2n) is 6.76. The molecule has 6 heteroatoms. The van der Waals surface area contributed by atoms with E-state index >= 15 is 0 Å². The fraction of sp³-hybridized carbons (Fsp3) is 0.632. The number of carbonyl (C=O) groups is 1. The van der Waals surface area contributed by atoms with E-state index in [2.05, 4.69) is 0 Å². The summed E-state index contributed by atoms with van der Waals surface area (Å²) in [6.45, 7) is 2.32. The van der Waals surface area contributed by atoms with Gasteiger partial charge < -0.3 is 19.7 Å². The Bertz CT molecular complexity index is 566. The summed E-state index contributed by atoms with van der Waals surface area (Å²) in [5.74, 6) is 0.0942. The molecule has 0 aliphatic carbocycles. The number of ether oxygens (including phenoxy) is 2. The van der Waals surface area contributed by atoms with Crippen molar-refractivity contribution in [2.24, 2.45) is 11.8 Å². The van der Waals surface area contributed by atoms with Gasteiger partial charge in [0.2, 0.25) is 0 Å². The van der Waals surface area contributed by atoms with Crippen molar-refractivity contribution in [3.05, 3.63) is 35.9 Å². The van der Waals surface area contributed by atoms with E-state index in [1.54, 1.807) is 11.8 Å². The Labute approximate surface area is 148 Å². The molecule has 1 aromatic rings. The Hall–Kier alpha value is -1.63. The van der Waals surface area contributed by atoms with Gasteiger partial charge in [0.25, 0.3) is 0 Å². The van der Waals surface area contributed by atoms with Gasteiger partial charge in [-0.3, -0.25) is 4.90 Å². The van der Waals surface area contributed by atoms with Crippen LogP contribution in [0.1, 0.15) is 31.4 Å². The first-order valence-corrected chi connectivity index (χ1v) is 9.05. The summed E-state index contributed by atoms with van der Waals surface area (Å²) in [5, 5.41) is 19.7. The zero-order chi connectivity index (χ0) is 17.8. The molecule has 5 atom stereocenters. The number of hydrogen-bond donors (Lipinski definition) is 2. The molecule has 3 rings (SSSR count). The van der Waals surface area contributed by atoms with E-state index in [9.17, 15) is 15.0 Å². The monoisotopic (exact) mass is 349 g/mol. The molecule has 1 unspecified atom stereocenters.